The molecule has 1 N–H and O–H groups in total. The lowest BCUT2D eigenvalue weighted by Gasteiger charge is -2.38. The lowest BCUT2D eigenvalue weighted by atomic mass is 9.95. The van der Waals surface area contributed by atoms with E-state index in [9.17, 15) is 0 Å². The van der Waals surface area contributed by atoms with Gasteiger partial charge in [-0.25, -0.2) is 4.98 Å². The zero-order valence-electron chi connectivity index (χ0n) is 19.5. The average molecular weight is 425 g/mol. The van der Waals surface area contributed by atoms with Crippen molar-refractivity contribution in [3.63, 3.8) is 0 Å². The van der Waals surface area contributed by atoms with Crippen LogP contribution in [-0.4, -0.2) is 65.7 Å². The van der Waals surface area contributed by atoms with E-state index in [1.807, 2.05) is 6.20 Å². The first kappa shape index (κ1) is 22.5. The second-order valence-corrected chi connectivity index (χ2v) is 9.52. The molecule has 0 unspecified atom stereocenters. The predicted octanol–water partition coefficient (Wildman–Crippen LogP) is 4.08. The molecule has 2 aromatic rings. The molecule has 1 saturated heterocycles. The number of H-pyrrole nitrogens is 1. The number of aromatic nitrogens is 2. The molecule has 1 aliphatic carbocycles. The number of nitrogens with one attached hydrogen (secondary N) is 1. The van der Waals surface area contributed by atoms with E-state index in [0.717, 1.165) is 44.4 Å². The number of likely N-dealkylation sites (tertiary alicyclic amines) is 1. The third-order valence-electron chi connectivity index (χ3n) is 7.07. The smallest absolute Gasteiger partial charge is 0.106 e. The highest BCUT2D eigenvalue weighted by Gasteiger charge is 2.31. The van der Waals surface area contributed by atoms with Gasteiger partial charge in [-0.2, -0.15) is 0 Å². The summed E-state index contributed by atoms with van der Waals surface area (Å²) in [6, 6.07) is 9.72. The summed E-state index contributed by atoms with van der Waals surface area (Å²) < 4.78 is 5.42. The molecule has 2 heterocycles. The van der Waals surface area contributed by atoms with Crippen molar-refractivity contribution in [1.29, 1.82) is 0 Å². The van der Waals surface area contributed by atoms with Crippen LogP contribution in [0.5, 0.6) is 0 Å². The van der Waals surface area contributed by atoms with Crippen molar-refractivity contribution in [2.24, 2.45) is 5.92 Å². The van der Waals surface area contributed by atoms with Gasteiger partial charge in [-0.3, -0.25) is 9.80 Å². The van der Waals surface area contributed by atoms with E-state index >= 15 is 0 Å². The Balaban J connectivity index is 1.32. The Morgan fingerprint density at radius 3 is 2.77 bits per heavy atom. The average Bonchev–Trinajstić information content (AvgIpc) is 3.43. The molecule has 0 saturated carbocycles. The molecule has 1 aromatic heterocycles. The van der Waals surface area contributed by atoms with Crippen molar-refractivity contribution < 1.29 is 4.74 Å². The van der Waals surface area contributed by atoms with Crippen molar-refractivity contribution >= 4 is 0 Å². The van der Waals surface area contributed by atoms with Gasteiger partial charge in [0.2, 0.25) is 0 Å². The number of hydrogen-bond acceptors (Lipinski definition) is 4. The number of methoxy groups -OCH3 is 1. The molecule has 5 heteroatoms. The lowest BCUT2D eigenvalue weighted by molar-refractivity contribution is 0.0839. The highest BCUT2D eigenvalue weighted by Crippen LogP contribution is 2.29. The standard InChI is InChI=1S/C26H40N4O/c1-3-4-11-26-27-17-24(28-26)20-29(13-14-31-2)18-21-8-7-12-30(19-21)25-15-22-9-5-6-10-23(22)16-25/h5-6,9-10,17,21,25H,3-4,7-8,11-16,18-20H2,1-2H3,(H,27,28)/t21-/m1/s1. The first-order valence-corrected chi connectivity index (χ1v) is 12.3. The molecule has 4 rings (SSSR count). The summed E-state index contributed by atoms with van der Waals surface area (Å²) >= 11 is 0. The topological polar surface area (TPSA) is 44.4 Å². The van der Waals surface area contributed by atoms with Gasteiger partial charge in [-0.1, -0.05) is 37.6 Å². The molecule has 1 aromatic carbocycles. The zero-order valence-corrected chi connectivity index (χ0v) is 19.5. The van der Waals surface area contributed by atoms with Gasteiger partial charge >= 0.3 is 0 Å². The number of benzene rings is 1. The zero-order chi connectivity index (χ0) is 21.5. The number of aryl methyl sites for hydroxylation is 1. The first-order valence-electron chi connectivity index (χ1n) is 12.3. The van der Waals surface area contributed by atoms with Crippen molar-refractivity contribution in [2.45, 2.75) is 64.5 Å². The molecule has 0 bridgehead atoms. The van der Waals surface area contributed by atoms with E-state index in [-0.39, 0.29) is 0 Å². The Morgan fingerprint density at radius 2 is 2.03 bits per heavy atom. The molecular formula is C26H40N4O. The summed E-state index contributed by atoms with van der Waals surface area (Å²) in [6.07, 6.45) is 10.6. The Labute approximate surface area is 188 Å². The molecule has 170 valence electrons. The second kappa shape index (κ2) is 11.3. The minimum Gasteiger partial charge on any atom is -0.383 e. The number of hydrogen-bond donors (Lipinski definition) is 1. The van der Waals surface area contributed by atoms with Crippen molar-refractivity contribution in [3.05, 3.63) is 53.1 Å². The third-order valence-corrected chi connectivity index (χ3v) is 7.07. The number of unbranched alkanes of at least 4 members (excludes halogenated alkanes) is 1. The monoisotopic (exact) mass is 424 g/mol. The Hall–Kier alpha value is -1.69. The number of ether oxygens (including phenoxy) is 1. The Morgan fingerprint density at radius 1 is 1.23 bits per heavy atom. The molecule has 1 fully saturated rings. The SMILES string of the molecule is CCCCc1ncc(CN(CCOC)C[C@H]2CCCN(C3Cc4ccccc4C3)C2)[nH]1. The molecule has 1 atom stereocenters. The van der Waals surface area contributed by atoms with Crippen LogP contribution in [0.3, 0.4) is 0 Å². The normalized spacial score (nSPS) is 19.9. The van der Waals surface area contributed by atoms with Gasteiger partial charge in [0, 0.05) is 57.6 Å². The maximum atomic E-state index is 5.42. The summed E-state index contributed by atoms with van der Waals surface area (Å²) in [7, 11) is 1.80. The fraction of sp³-hybridized carbons (Fsp3) is 0.654. The quantitative estimate of drug-likeness (QED) is 0.590. The summed E-state index contributed by atoms with van der Waals surface area (Å²) in [5.41, 5.74) is 4.37. The van der Waals surface area contributed by atoms with Gasteiger partial charge in [0.05, 0.1) is 6.61 Å². The molecular weight excluding hydrogens is 384 g/mol. The van der Waals surface area contributed by atoms with Crippen LogP contribution in [0, 0.1) is 5.92 Å². The van der Waals surface area contributed by atoms with E-state index in [4.69, 9.17) is 4.74 Å². The van der Waals surface area contributed by atoms with Gasteiger partial charge in [0.15, 0.2) is 0 Å². The Kier molecular flexibility index (Phi) is 8.17. The molecule has 0 amide bonds. The van der Waals surface area contributed by atoms with Crippen LogP contribution in [0.15, 0.2) is 30.5 Å². The van der Waals surface area contributed by atoms with Gasteiger partial charge in [0.25, 0.3) is 0 Å². The summed E-state index contributed by atoms with van der Waals surface area (Å²) in [6.45, 7) is 8.56. The van der Waals surface area contributed by atoms with Crippen molar-refractivity contribution in [3.8, 4) is 0 Å². The van der Waals surface area contributed by atoms with Crippen LogP contribution < -0.4 is 0 Å². The molecule has 0 spiro atoms. The minimum absolute atomic E-state index is 0.696. The van der Waals surface area contributed by atoms with E-state index in [1.54, 1.807) is 18.2 Å². The van der Waals surface area contributed by atoms with Crippen LogP contribution in [0.4, 0.5) is 0 Å². The van der Waals surface area contributed by atoms with E-state index in [2.05, 4.69) is 51.0 Å². The highest BCUT2D eigenvalue weighted by molar-refractivity contribution is 5.33. The van der Waals surface area contributed by atoms with Crippen LogP contribution in [0.1, 0.15) is 55.3 Å². The molecule has 2 aliphatic rings. The number of fused-ring (bicyclic) bond motifs is 1. The van der Waals surface area contributed by atoms with Crippen molar-refractivity contribution in [1.82, 2.24) is 19.8 Å². The number of piperidine rings is 1. The lowest BCUT2D eigenvalue weighted by Crippen LogP contribution is -2.46. The van der Waals surface area contributed by atoms with E-state index in [0.29, 0.717) is 6.04 Å². The van der Waals surface area contributed by atoms with Crippen LogP contribution in [0.2, 0.25) is 0 Å². The summed E-state index contributed by atoms with van der Waals surface area (Å²) in [5, 5.41) is 0. The van der Waals surface area contributed by atoms with Crippen LogP contribution >= 0.6 is 0 Å². The van der Waals surface area contributed by atoms with Gasteiger partial charge in [0.1, 0.15) is 5.82 Å². The van der Waals surface area contributed by atoms with Crippen LogP contribution in [0.25, 0.3) is 0 Å². The maximum Gasteiger partial charge on any atom is 0.106 e. The number of nitrogens with zero attached hydrogens (tertiary/aromatic N) is 3. The number of imidazole rings is 1. The summed E-state index contributed by atoms with van der Waals surface area (Å²) in [4.78, 5) is 13.5. The van der Waals surface area contributed by atoms with Crippen LogP contribution in [-0.2, 0) is 30.5 Å². The van der Waals surface area contributed by atoms with Gasteiger partial charge < -0.3 is 9.72 Å². The highest BCUT2D eigenvalue weighted by atomic mass is 16.5. The van der Waals surface area contributed by atoms with E-state index < -0.39 is 0 Å². The van der Waals surface area contributed by atoms with Gasteiger partial charge in [-0.05, 0) is 55.7 Å². The number of rotatable bonds is 11. The maximum absolute atomic E-state index is 5.42. The molecule has 31 heavy (non-hydrogen) atoms. The third kappa shape index (κ3) is 6.18. The Bertz CT molecular complexity index is 779. The fourth-order valence-corrected chi connectivity index (χ4v) is 5.39. The second-order valence-electron chi connectivity index (χ2n) is 9.52. The molecule has 1 aliphatic heterocycles. The number of aromatic amines is 1. The first-order chi connectivity index (χ1) is 15.2. The van der Waals surface area contributed by atoms with Crippen molar-refractivity contribution in [2.75, 3.05) is 39.9 Å². The largest absolute Gasteiger partial charge is 0.383 e. The summed E-state index contributed by atoms with van der Waals surface area (Å²) in [5.74, 6) is 1.87. The predicted molar refractivity (Wildman–Crippen MR) is 126 cm³/mol. The minimum atomic E-state index is 0.696. The molecule has 0 radical (unpaired) electrons. The molecule has 5 nitrogen and oxygen atoms in total. The van der Waals surface area contributed by atoms with E-state index in [1.165, 1.54) is 57.3 Å². The fourth-order valence-electron chi connectivity index (χ4n) is 5.39. The van der Waals surface area contributed by atoms with Gasteiger partial charge in [-0.15, -0.1) is 0 Å².